The van der Waals surface area contributed by atoms with E-state index in [2.05, 4.69) is 20.4 Å². The summed E-state index contributed by atoms with van der Waals surface area (Å²) in [5.41, 5.74) is 2.79. The lowest BCUT2D eigenvalue weighted by molar-refractivity contribution is -0.387. The Kier molecular flexibility index (Phi) is 3.64. The highest BCUT2D eigenvalue weighted by atomic mass is 32.2. The number of hydrogen-bond donors (Lipinski definition) is 2. The number of benzene rings is 1. The summed E-state index contributed by atoms with van der Waals surface area (Å²) in [5.74, 6) is 5.22. The van der Waals surface area contributed by atoms with E-state index in [1.54, 1.807) is 0 Å². The van der Waals surface area contributed by atoms with Crippen LogP contribution in [0, 0.1) is 10.1 Å². The number of fused-ring (bicyclic) bond motifs is 1. The summed E-state index contributed by atoms with van der Waals surface area (Å²) in [6.07, 6.45) is 1.22. The number of nitrogens with zero attached hydrogens (tertiary/aromatic N) is 4. The van der Waals surface area contributed by atoms with E-state index in [9.17, 15) is 10.1 Å². The molecule has 0 aliphatic rings. The monoisotopic (exact) mass is 320 g/mol. The molecule has 0 aliphatic heterocycles. The van der Waals surface area contributed by atoms with Crippen LogP contribution in [0.15, 0.2) is 40.0 Å². The summed E-state index contributed by atoms with van der Waals surface area (Å²) in [5, 5.41) is 11.4. The average molecular weight is 320 g/mol. The second-order valence-electron chi connectivity index (χ2n) is 3.83. The molecule has 3 aromatic rings. The van der Waals surface area contributed by atoms with Gasteiger partial charge in [0.15, 0.2) is 9.37 Å². The first-order chi connectivity index (χ1) is 10.2. The number of nitro groups is 1. The summed E-state index contributed by atoms with van der Waals surface area (Å²) < 4.78 is 1.68. The van der Waals surface area contributed by atoms with Gasteiger partial charge in [0.2, 0.25) is 5.82 Å². The topological polar surface area (TPSA) is 120 Å². The van der Waals surface area contributed by atoms with Gasteiger partial charge in [-0.3, -0.25) is 10.1 Å². The fraction of sp³-hybridized carbons (Fsp3) is 0. The molecule has 10 heteroatoms. The molecular weight excluding hydrogens is 312 g/mol. The van der Waals surface area contributed by atoms with Gasteiger partial charge in [-0.05, 0) is 23.9 Å². The predicted molar refractivity (Wildman–Crippen MR) is 80.2 cm³/mol. The molecular formula is C11H8N6O2S2. The number of thiazole rings is 1. The smallest absolute Gasteiger partial charge is 0.303 e. The number of para-hydroxylation sites is 1. The molecule has 0 atom stereocenters. The van der Waals surface area contributed by atoms with E-state index < -0.39 is 4.92 Å². The number of aromatic nitrogens is 3. The minimum Gasteiger partial charge on any atom is -0.303 e. The lowest BCUT2D eigenvalue weighted by atomic mass is 10.3. The van der Waals surface area contributed by atoms with E-state index in [0.29, 0.717) is 4.34 Å². The number of anilines is 1. The Hall–Kier alpha value is -2.30. The Balaban J connectivity index is 2.03. The molecule has 0 bridgehead atoms. The van der Waals surface area contributed by atoms with Gasteiger partial charge >= 0.3 is 5.69 Å². The predicted octanol–water partition coefficient (Wildman–Crippen LogP) is 2.43. The quantitative estimate of drug-likeness (QED) is 0.325. The Morgan fingerprint density at radius 3 is 2.86 bits per heavy atom. The fourth-order valence-electron chi connectivity index (χ4n) is 1.68. The summed E-state index contributed by atoms with van der Waals surface area (Å²) >= 11 is 2.56. The molecule has 0 unspecified atom stereocenters. The largest absolute Gasteiger partial charge is 0.345 e. The molecule has 0 spiro atoms. The molecule has 2 heterocycles. The van der Waals surface area contributed by atoms with Crippen LogP contribution in [0.5, 0.6) is 0 Å². The minimum atomic E-state index is -0.565. The van der Waals surface area contributed by atoms with E-state index >= 15 is 0 Å². The van der Waals surface area contributed by atoms with Crippen molar-refractivity contribution in [2.45, 2.75) is 9.37 Å². The summed E-state index contributed by atoms with van der Waals surface area (Å²) in [7, 11) is 0. The van der Waals surface area contributed by atoms with E-state index in [4.69, 9.17) is 5.84 Å². The Morgan fingerprint density at radius 2 is 2.14 bits per heavy atom. The zero-order valence-electron chi connectivity index (χ0n) is 10.4. The van der Waals surface area contributed by atoms with Gasteiger partial charge in [0.25, 0.3) is 0 Å². The van der Waals surface area contributed by atoms with Crippen molar-refractivity contribution in [1.29, 1.82) is 0 Å². The zero-order valence-corrected chi connectivity index (χ0v) is 12.0. The summed E-state index contributed by atoms with van der Waals surface area (Å²) in [6.45, 7) is 0. The van der Waals surface area contributed by atoms with Crippen LogP contribution in [0.3, 0.4) is 0 Å². The van der Waals surface area contributed by atoms with E-state index in [1.807, 2.05) is 24.3 Å². The van der Waals surface area contributed by atoms with Crippen LogP contribution in [0.2, 0.25) is 0 Å². The van der Waals surface area contributed by atoms with Crippen LogP contribution in [0.25, 0.3) is 10.2 Å². The van der Waals surface area contributed by atoms with Gasteiger partial charge in [-0.1, -0.05) is 12.1 Å². The van der Waals surface area contributed by atoms with Crippen LogP contribution in [0.4, 0.5) is 11.5 Å². The Morgan fingerprint density at radius 1 is 1.33 bits per heavy atom. The van der Waals surface area contributed by atoms with Gasteiger partial charge in [0.1, 0.15) is 6.33 Å². The number of hydrogen-bond acceptors (Lipinski definition) is 9. The van der Waals surface area contributed by atoms with Gasteiger partial charge < -0.3 is 5.43 Å². The second kappa shape index (κ2) is 5.60. The van der Waals surface area contributed by atoms with Crippen LogP contribution in [0.1, 0.15) is 0 Å². The lowest BCUT2D eigenvalue weighted by Gasteiger charge is -2.03. The highest BCUT2D eigenvalue weighted by molar-refractivity contribution is 8.01. The highest BCUT2D eigenvalue weighted by Crippen LogP contribution is 2.39. The number of nitrogen functional groups attached to an aromatic ring is 1. The van der Waals surface area contributed by atoms with Crippen molar-refractivity contribution in [3.8, 4) is 0 Å². The van der Waals surface area contributed by atoms with Gasteiger partial charge in [-0.15, -0.1) is 11.3 Å². The third-order valence-corrected chi connectivity index (χ3v) is 4.66. The second-order valence-corrected chi connectivity index (χ2v) is 6.09. The first kappa shape index (κ1) is 13.7. The SMILES string of the molecule is NNc1ncnc(Sc2nc3ccccc3s2)c1[N+](=O)[O-]. The Labute approximate surface area is 126 Å². The summed E-state index contributed by atoms with van der Waals surface area (Å²) in [6, 6.07) is 7.63. The van der Waals surface area contributed by atoms with Crippen molar-refractivity contribution in [2.75, 3.05) is 5.43 Å². The minimum absolute atomic E-state index is 0.0291. The normalized spacial score (nSPS) is 10.7. The number of nitrogens with one attached hydrogen (secondary N) is 1. The van der Waals surface area contributed by atoms with E-state index in [1.165, 1.54) is 17.7 Å². The molecule has 0 saturated heterocycles. The first-order valence-corrected chi connectivity index (χ1v) is 7.32. The maximum Gasteiger partial charge on any atom is 0.345 e. The molecule has 21 heavy (non-hydrogen) atoms. The molecule has 0 saturated carbocycles. The molecule has 3 N–H and O–H groups in total. The molecule has 0 aliphatic carbocycles. The summed E-state index contributed by atoms with van der Waals surface area (Å²) in [4.78, 5) is 22.7. The van der Waals surface area contributed by atoms with E-state index in [0.717, 1.165) is 22.0 Å². The first-order valence-electron chi connectivity index (χ1n) is 5.68. The van der Waals surface area contributed by atoms with Crippen LogP contribution in [-0.2, 0) is 0 Å². The van der Waals surface area contributed by atoms with Crippen molar-refractivity contribution >= 4 is 44.8 Å². The van der Waals surface area contributed by atoms with Gasteiger partial charge in [-0.2, -0.15) is 0 Å². The van der Waals surface area contributed by atoms with Crippen LogP contribution in [-0.4, -0.2) is 19.9 Å². The van der Waals surface area contributed by atoms with Crippen molar-refractivity contribution in [3.05, 3.63) is 40.7 Å². The fourth-order valence-corrected chi connectivity index (χ4v) is 3.73. The maximum absolute atomic E-state index is 11.2. The standard InChI is InChI=1S/C11H8N6O2S2/c12-16-9-8(17(18)19)10(14-5-13-9)21-11-15-6-3-1-2-4-7(6)20-11/h1-5H,12H2,(H,13,14,16). The maximum atomic E-state index is 11.2. The Bertz CT molecular complexity index is 788. The van der Waals surface area contributed by atoms with Crippen molar-refractivity contribution in [3.63, 3.8) is 0 Å². The van der Waals surface area contributed by atoms with Crippen molar-refractivity contribution < 1.29 is 4.92 Å². The van der Waals surface area contributed by atoms with Crippen LogP contribution >= 0.6 is 23.1 Å². The molecule has 0 fully saturated rings. The average Bonchev–Trinajstić information content (AvgIpc) is 2.88. The highest BCUT2D eigenvalue weighted by Gasteiger charge is 2.24. The molecule has 106 valence electrons. The molecule has 0 radical (unpaired) electrons. The van der Waals surface area contributed by atoms with Crippen molar-refractivity contribution in [1.82, 2.24) is 15.0 Å². The molecule has 1 aromatic carbocycles. The molecule has 2 aromatic heterocycles. The van der Waals surface area contributed by atoms with Crippen molar-refractivity contribution in [2.24, 2.45) is 5.84 Å². The lowest BCUT2D eigenvalue weighted by Crippen LogP contribution is -2.11. The van der Waals surface area contributed by atoms with Gasteiger partial charge in [-0.25, -0.2) is 20.8 Å². The number of hydrazine groups is 1. The third kappa shape index (κ3) is 2.63. The van der Waals surface area contributed by atoms with E-state index in [-0.39, 0.29) is 16.5 Å². The molecule has 8 nitrogen and oxygen atoms in total. The third-order valence-electron chi connectivity index (χ3n) is 2.57. The van der Waals surface area contributed by atoms with Gasteiger partial charge in [0, 0.05) is 0 Å². The molecule has 3 rings (SSSR count). The molecule has 0 amide bonds. The number of rotatable bonds is 4. The zero-order chi connectivity index (χ0) is 14.8. The van der Waals surface area contributed by atoms with Crippen LogP contribution < -0.4 is 11.3 Å². The number of nitrogens with two attached hydrogens (primary N) is 1. The van der Waals surface area contributed by atoms with Gasteiger partial charge in [0.05, 0.1) is 15.1 Å².